The van der Waals surface area contributed by atoms with Gasteiger partial charge >= 0.3 is 0 Å². The predicted octanol–water partition coefficient (Wildman–Crippen LogP) is 1.96. The highest BCUT2D eigenvalue weighted by Gasteiger charge is 2.20. The predicted molar refractivity (Wildman–Crippen MR) is 60.9 cm³/mol. The molecule has 0 radical (unpaired) electrons. The standard InChI is InChI=1S/C12H14N2O2/c1-7-3-5-14-12(13)9(7)10(15)11-8(2)4-6-16-11/h3-6,10,15H,1-2H3,(H2,13,14). The minimum atomic E-state index is -0.858. The number of hydrogen-bond acceptors (Lipinski definition) is 4. The van der Waals surface area contributed by atoms with E-state index in [1.165, 1.54) is 0 Å². The number of pyridine rings is 1. The van der Waals surface area contributed by atoms with E-state index in [9.17, 15) is 5.11 Å². The van der Waals surface area contributed by atoms with E-state index in [0.717, 1.165) is 11.1 Å². The Morgan fingerprint density at radius 2 is 2.06 bits per heavy atom. The summed E-state index contributed by atoms with van der Waals surface area (Å²) in [5.41, 5.74) is 8.17. The van der Waals surface area contributed by atoms with Crippen LogP contribution in [0, 0.1) is 13.8 Å². The number of aromatic nitrogens is 1. The molecule has 0 saturated carbocycles. The zero-order valence-electron chi connectivity index (χ0n) is 9.27. The van der Waals surface area contributed by atoms with Crippen molar-refractivity contribution in [2.45, 2.75) is 20.0 Å². The number of nitrogens with zero attached hydrogens (tertiary/aromatic N) is 1. The van der Waals surface area contributed by atoms with Crippen molar-refractivity contribution in [1.82, 2.24) is 4.98 Å². The molecule has 3 N–H and O–H groups in total. The van der Waals surface area contributed by atoms with Gasteiger partial charge in [-0.25, -0.2) is 4.98 Å². The number of aliphatic hydroxyl groups excluding tert-OH is 1. The maximum atomic E-state index is 10.2. The van der Waals surface area contributed by atoms with E-state index in [1.807, 2.05) is 19.9 Å². The number of hydrogen-bond donors (Lipinski definition) is 2. The molecule has 0 aromatic carbocycles. The van der Waals surface area contributed by atoms with Crippen LogP contribution in [0.15, 0.2) is 29.0 Å². The van der Waals surface area contributed by atoms with Gasteiger partial charge in [0.15, 0.2) is 0 Å². The van der Waals surface area contributed by atoms with Crippen LogP contribution in [-0.4, -0.2) is 10.1 Å². The first-order chi connectivity index (χ1) is 7.61. The van der Waals surface area contributed by atoms with Gasteiger partial charge in [0.05, 0.1) is 6.26 Å². The Bertz CT molecular complexity index is 485. The highest BCUT2D eigenvalue weighted by Crippen LogP contribution is 2.30. The summed E-state index contributed by atoms with van der Waals surface area (Å²) in [6, 6.07) is 3.62. The van der Waals surface area contributed by atoms with Crippen LogP contribution in [-0.2, 0) is 0 Å². The normalized spacial score (nSPS) is 12.7. The lowest BCUT2D eigenvalue weighted by atomic mass is 10.0. The largest absolute Gasteiger partial charge is 0.466 e. The molecule has 2 aromatic heterocycles. The quantitative estimate of drug-likeness (QED) is 0.808. The molecular formula is C12H14N2O2. The number of aliphatic hydroxyl groups is 1. The lowest BCUT2D eigenvalue weighted by molar-refractivity contribution is 0.188. The van der Waals surface area contributed by atoms with E-state index in [-0.39, 0.29) is 0 Å². The molecule has 4 heteroatoms. The van der Waals surface area contributed by atoms with E-state index in [1.54, 1.807) is 18.5 Å². The molecule has 0 amide bonds. The second-order valence-electron chi connectivity index (χ2n) is 3.80. The van der Waals surface area contributed by atoms with Gasteiger partial charge in [0, 0.05) is 11.8 Å². The van der Waals surface area contributed by atoms with Crippen LogP contribution in [0.3, 0.4) is 0 Å². The van der Waals surface area contributed by atoms with Gasteiger partial charge in [-0.3, -0.25) is 0 Å². The number of nitrogens with two attached hydrogens (primary N) is 1. The van der Waals surface area contributed by atoms with Gasteiger partial charge in [-0.2, -0.15) is 0 Å². The molecule has 2 rings (SSSR count). The third-order valence-corrected chi connectivity index (χ3v) is 2.66. The number of anilines is 1. The molecule has 16 heavy (non-hydrogen) atoms. The van der Waals surface area contributed by atoms with Crippen molar-refractivity contribution in [2.24, 2.45) is 0 Å². The summed E-state index contributed by atoms with van der Waals surface area (Å²) < 4.78 is 5.26. The fraction of sp³-hybridized carbons (Fsp3) is 0.250. The smallest absolute Gasteiger partial charge is 0.141 e. The molecule has 4 nitrogen and oxygen atoms in total. The summed E-state index contributed by atoms with van der Waals surface area (Å²) >= 11 is 0. The fourth-order valence-corrected chi connectivity index (χ4v) is 1.74. The molecule has 0 aliphatic rings. The second kappa shape index (κ2) is 3.98. The summed E-state index contributed by atoms with van der Waals surface area (Å²) in [5.74, 6) is 0.853. The molecule has 0 spiro atoms. The van der Waals surface area contributed by atoms with Crippen LogP contribution in [0.25, 0.3) is 0 Å². The van der Waals surface area contributed by atoms with Crippen molar-refractivity contribution in [2.75, 3.05) is 5.73 Å². The molecule has 0 fully saturated rings. The second-order valence-corrected chi connectivity index (χ2v) is 3.80. The van der Waals surface area contributed by atoms with Crippen molar-refractivity contribution in [3.63, 3.8) is 0 Å². The van der Waals surface area contributed by atoms with E-state index in [4.69, 9.17) is 10.2 Å². The van der Waals surface area contributed by atoms with Crippen LogP contribution in [0.1, 0.15) is 28.6 Å². The average molecular weight is 218 g/mol. The molecule has 0 bridgehead atoms. The van der Waals surface area contributed by atoms with Crippen molar-refractivity contribution in [3.05, 3.63) is 47.0 Å². The Morgan fingerprint density at radius 3 is 2.62 bits per heavy atom. The van der Waals surface area contributed by atoms with Gasteiger partial charge in [-0.15, -0.1) is 0 Å². The zero-order valence-corrected chi connectivity index (χ0v) is 9.27. The maximum absolute atomic E-state index is 10.2. The van der Waals surface area contributed by atoms with E-state index in [2.05, 4.69) is 4.98 Å². The van der Waals surface area contributed by atoms with Crippen LogP contribution in [0.5, 0.6) is 0 Å². The highest BCUT2D eigenvalue weighted by molar-refractivity contribution is 5.48. The topological polar surface area (TPSA) is 72.3 Å². The first-order valence-electron chi connectivity index (χ1n) is 5.04. The molecule has 84 valence electrons. The van der Waals surface area contributed by atoms with Crippen LogP contribution >= 0.6 is 0 Å². The van der Waals surface area contributed by atoms with Crippen molar-refractivity contribution < 1.29 is 9.52 Å². The Hall–Kier alpha value is -1.81. The molecule has 2 heterocycles. The minimum absolute atomic E-state index is 0.336. The number of rotatable bonds is 2. The fourth-order valence-electron chi connectivity index (χ4n) is 1.74. The lowest BCUT2D eigenvalue weighted by Crippen LogP contribution is -2.07. The van der Waals surface area contributed by atoms with Crippen molar-refractivity contribution in [3.8, 4) is 0 Å². The van der Waals surface area contributed by atoms with Gasteiger partial charge in [-0.05, 0) is 37.1 Å². The number of nitrogen functional groups attached to an aromatic ring is 1. The summed E-state index contributed by atoms with van der Waals surface area (Å²) in [7, 11) is 0. The van der Waals surface area contributed by atoms with Gasteiger partial charge in [0.1, 0.15) is 17.7 Å². The van der Waals surface area contributed by atoms with E-state index < -0.39 is 6.10 Å². The Labute approximate surface area is 93.7 Å². The Morgan fingerprint density at radius 1 is 1.31 bits per heavy atom. The summed E-state index contributed by atoms with van der Waals surface area (Å²) in [6.45, 7) is 3.76. The SMILES string of the molecule is Cc1ccoc1C(O)c1c(C)ccnc1N. The first kappa shape index (κ1) is 10.7. The van der Waals surface area contributed by atoms with E-state index >= 15 is 0 Å². The van der Waals surface area contributed by atoms with Crippen LogP contribution in [0.4, 0.5) is 5.82 Å². The Kier molecular flexibility index (Phi) is 2.66. The molecule has 2 aromatic rings. The minimum Gasteiger partial charge on any atom is -0.466 e. The Balaban J connectivity index is 2.49. The van der Waals surface area contributed by atoms with Gasteiger partial charge < -0.3 is 15.3 Å². The first-order valence-corrected chi connectivity index (χ1v) is 5.04. The average Bonchev–Trinajstić information content (AvgIpc) is 2.64. The third kappa shape index (κ3) is 1.67. The third-order valence-electron chi connectivity index (χ3n) is 2.66. The monoisotopic (exact) mass is 218 g/mol. The zero-order chi connectivity index (χ0) is 11.7. The molecule has 1 unspecified atom stereocenters. The highest BCUT2D eigenvalue weighted by atomic mass is 16.4. The lowest BCUT2D eigenvalue weighted by Gasteiger charge is -2.14. The molecule has 0 aliphatic heterocycles. The summed E-state index contributed by atoms with van der Waals surface area (Å²) in [4.78, 5) is 3.98. The maximum Gasteiger partial charge on any atom is 0.141 e. The van der Waals surface area contributed by atoms with Crippen LogP contribution < -0.4 is 5.73 Å². The number of aryl methyl sites for hydroxylation is 2. The molecule has 1 atom stereocenters. The molecular weight excluding hydrogens is 204 g/mol. The molecule has 0 aliphatic carbocycles. The van der Waals surface area contributed by atoms with Gasteiger partial charge in [0.2, 0.25) is 0 Å². The van der Waals surface area contributed by atoms with Crippen molar-refractivity contribution in [1.29, 1.82) is 0 Å². The molecule has 0 saturated heterocycles. The summed E-state index contributed by atoms with van der Waals surface area (Å²) in [6.07, 6.45) is 2.31. The number of furan rings is 1. The van der Waals surface area contributed by atoms with Crippen molar-refractivity contribution >= 4 is 5.82 Å². The van der Waals surface area contributed by atoms with E-state index in [0.29, 0.717) is 17.1 Å². The van der Waals surface area contributed by atoms with Crippen LogP contribution in [0.2, 0.25) is 0 Å². The van der Waals surface area contributed by atoms with Gasteiger partial charge in [0.25, 0.3) is 0 Å². The summed E-state index contributed by atoms with van der Waals surface area (Å²) in [5, 5.41) is 10.2. The van der Waals surface area contributed by atoms with Gasteiger partial charge in [-0.1, -0.05) is 0 Å².